The van der Waals surface area contributed by atoms with Gasteiger partial charge in [-0.2, -0.15) is 0 Å². The molecule has 98 valence electrons. The highest BCUT2D eigenvalue weighted by Crippen LogP contribution is 2.34. The van der Waals surface area contributed by atoms with Crippen LogP contribution in [0.15, 0.2) is 30.3 Å². The molecule has 0 radical (unpaired) electrons. The fourth-order valence-electron chi connectivity index (χ4n) is 2.24. The number of hydrogen-bond acceptors (Lipinski definition) is 4. The smallest absolute Gasteiger partial charge is 0.231 e. The highest BCUT2D eigenvalue weighted by Gasteiger charge is 2.31. The Balaban J connectivity index is 1.96. The van der Waals surface area contributed by atoms with E-state index in [2.05, 4.69) is 4.98 Å². The molecule has 1 amide bonds. The molecule has 5 heteroatoms. The predicted molar refractivity (Wildman–Crippen MR) is 75.3 cm³/mol. The van der Waals surface area contributed by atoms with Crippen LogP contribution in [0.25, 0.3) is 11.3 Å². The van der Waals surface area contributed by atoms with Crippen molar-refractivity contribution in [1.82, 2.24) is 4.98 Å². The van der Waals surface area contributed by atoms with E-state index < -0.39 is 6.10 Å². The quantitative estimate of drug-likeness (QED) is 0.913. The number of aliphatic hydroxyl groups excluding tert-OH is 1. The van der Waals surface area contributed by atoms with Crippen LogP contribution in [0, 0.1) is 6.92 Å². The van der Waals surface area contributed by atoms with E-state index in [1.54, 1.807) is 4.90 Å². The van der Waals surface area contributed by atoms with E-state index in [4.69, 9.17) is 0 Å². The van der Waals surface area contributed by atoms with Crippen molar-refractivity contribution in [3.05, 3.63) is 35.2 Å². The minimum Gasteiger partial charge on any atom is -0.391 e. The molecule has 2 aromatic rings. The summed E-state index contributed by atoms with van der Waals surface area (Å²) in [5.74, 6) is -0.0548. The Bertz CT molecular complexity index is 609. The second kappa shape index (κ2) is 4.75. The minimum absolute atomic E-state index is 0.0548. The van der Waals surface area contributed by atoms with E-state index in [1.807, 2.05) is 37.3 Å². The first kappa shape index (κ1) is 12.3. The van der Waals surface area contributed by atoms with Crippen LogP contribution < -0.4 is 4.90 Å². The molecule has 1 N–H and O–H groups in total. The van der Waals surface area contributed by atoms with E-state index >= 15 is 0 Å². The average Bonchev–Trinajstić information content (AvgIpc) is 2.93. The number of anilines is 1. The molecule has 0 bridgehead atoms. The lowest BCUT2D eigenvalue weighted by Gasteiger charge is -2.10. The summed E-state index contributed by atoms with van der Waals surface area (Å²) in [4.78, 5) is 19.0. The summed E-state index contributed by atoms with van der Waals surface area (Å²) in [6, 6.07) is 9.92. The van der Waals surface area contributed by atoms with Gasteiger partial charge in [0, 0.05) is 10.4 Å². The average molecular weight is 274 g/mol. The Kier molecular flexibility index (Phi) is 3.08. The first-order chi connectivity index (χ1) is 9.15. The maximum absolute atomic E-state index is 11.8. The van der Waals surface area contributed by atoms with Crippen LogP contribution in [0.5, 0.6) is 0 Å². The Hall–Kier alpha value is -1.72. The Labute approximate surface area is 115 Å². The molecule has 1 aromatic carbocycles. The van der Waals surface area contributed by atoms with Crippen molar-refractivity contribution in [2.75, 3.05) is 11.4 Å². The number of amides is 1. The SMILES string of the molecule is Cc1sc(N2CC(O)CC2=O)nc1-c1ccccc1. The molecule has 0 spiro atoms. The van der Waals surface area contributed by atoms with Gasteiger partial charge in [0.2, 0.25) is 5.91 Å². The summed E-state index contributed by atoms with van der Waals surface area (Å²) in [5.41, 5.74) is 1.96. The number of β-amino-alcohol motifs (C(OH)–C–C–N with tert-alkyl or cyclic N) is 1. The second-order valence-corrected chi connectivity index (χ2v) is 5.81. The lowest BCUT2D eigenvalue weighted by molar-refractivity contribution is -0.117. The summed E-state index contributed by atoms with van der Waals surface area (Å²) in [7, 11) is 0. The van der Waals surface area contributed by atoms with Gasteiger partial charge < -0.3 is 5.11 Å². The van der Waals surface area contributed by atoms with E-state index in [9.17, 15) is 9.90 Å². The van der Waals surface area contributed by atoms with E-state index in [0.29, 0.717) is 11.7 Å². The van der Waals surface area contributed by atoms with Gasteiger partial charge in [-0.25, -0.2) is 4.98 Å². The van der Waals surface area contributed by atoms with Crippen LogP contribution in [-0.4, -0.2) is 28.6 Å². The van der Waals surface area contributed by atoms with Gasteiger partial charge in [-0.15, -0.1) is 11.3 Å². The number of thiazole rings is 1. The largest absolute Gasteiger partial charge is 0.391 e. The fraction of sp³-hybridized carbons (Fsp3) is 0.286. The molecule has 4 nitrogen and oxygen atoms in total. The van der Waals surface area contributed by atoms with E-state index in [-0.39, 0.29) is 12.3 Å². The Morgan fingerprint density at radius 1 is 1.37 bits per heavy atom. The van der Waals surface area contributed by atoms with Crippen molar-refractivity contribution in [1.29, 1.82) is 0 Å². The number of nitrogens with zero attached hydrogens (tertiary/aromatic N) is 2. The number of rotatable bonds is 2. The van der Waals surface area contributed by atoms with Crippen LogP contribution in [0.4, 0.5) is 5.13 Å². The van der Waals surface area contributed by atoms with Crippen molar-refractivity contribution in [3.8, 4) is 11.3 Å². The predicted octanol–water partition coefficient (Wildman–Crippen LogP) is 2.22. The van der Waals surface area contributed by atoms with E-state index in [0.717, 1.165) is 16.1 Å². The van der Waals surface area contributed by atoms with Crippen molar-refractivity contribution in [2.45, 2.75) is 19.4 Å². The van der Waals surface area contributed by atoms with Crippen LogP contribution >= 0.6 is 11.3 Å². The molecule has 0 aliphatic carbocycles. The third-order valence-electron chi connectivity index (χ3n) is 3.17. The van der Waals surface area contributed by atoms with Crippen LogP contribution in [0.3, 0.4) is 0 Å². The lowest BCUT2D eigenvalue weighted by atomic mass is 10.1. The van der Waals surface area contributed by atoms with Crippen molar-refractivity contribution in [2.24, 2.45) is 0 Å². The van der Waals surface area contributed by atoms with Gasteiger partial charge in [-0.05, 0) is 6.92 Å². The monoisotopic (exact) mass is 274 g/mol. The molecular formula is C14H14N2O2S. The van der Waals surface area contributed by atoms with Crippen molar-refractivity contribution in [3.63, 3.8) is 0 Å². The molecular weight excluding hydrogens is 260 g/mol. The summed E-state index contributed by atoms with van der Waals surface area (Å²) in [6.07, 6.45) is -0.379. The van der Waals surface area contributed by atoms with Gasteiger partial charge in [0.05, 0.1) is 24.8 Å². The number of carbonyl (C=O) groups is 1. The summed E-state index contributed by atoms with van der Waals surface area (Å²) in [5, 5.41) is 10.2. The lowest BCUT2D eigenvalue weighted by Crippen LogP contribution is -2.24. The van der Waals surface area contributed by atoms with Crippen LogP contribution in [0.2, 0.25) is 0 Å². The first-order valence-electron chi connectivity index (χ1n) is 6.16. The zero-order valence-electron chi connectivity index (χ0n) is 10.5. The molecule has 19 heavy (non-hydrogen) atoms. The highest BCUT2D eigenvalue weighted by atomic mass is 32.1. The highest BCUT2D eigenvalue weighted by molar-refractivity contribution is 7.16. The number of benzene rings is 1. The van der Waals surface area contributed by atoms with Gasteiger partial charge in [-0.1, -0.05) is 30.3 Å². The maximum atomic E-state index is 11.8. The van der Waals surface area contributed by atoms with Crippen LogP contribution in [-0.2, 0) is 4.79 Å². The molecule has 1 aliphatic heterocycles. The third-order valence-corrected chi connectivity index (χ3v) is 4.16. The standard InChI is InChI=1S/C14H14N2O2S/c1-9-13(10-5-3-2-4-6-10)15-14(19-9)16-8-11(17)7-12(16)18/h2-6,11,17H,7-8H2,1H3. The van der Waals surface area contributed by atoms with Gasteiger partial charge in [0.25, 0.3) is 0 Å². The fourth-order valence-corrected chi connectivity index (χ4v) is 3.19. The molecule has 1 aliphatic rings. The zero-order chi connectivity index (χ0) is 13.4. The summed E-state index contributed by atoms with van der Waals surface area (Å²) >= 11 is 1.50. The number of aryl methyl sites for hydroxylation is 1. The molecule has 1 fully saturated rings. The van der Waals surface area contributed by atoms with Crippen LogP contribution in [0.1, 0.15) is 11.3 Å². The zero-order valence-corrected chi connectivity index (χ0v) is 11.4. The summed E-state index contributed by atoms with van der Waals surface area (Å²) in [6.45, 7) is 2.35. The van der Waals surface area contributed by atoms with Gasteiger partial charge in [0.1, 0.15) is 0 Å². The summed E-state index contributed by atoms with van der Waals surface area (Å²) < 4.78 is 0. The number of hydrogen-bond donors (Lipinski definition) is 1. The Morgan fingerprint density at radius 3 is 2.74 bits per heavy atom. The van der Waals surface area contributed by atoms with Gasteiger partial charge in [0.15, 0.2) is 5.13 Å². The maximum Gasteiger partial charge on any atom is 0.231 e. The van der Waals surface area contributed by atoms with Gasteiger partial charge in [-0.3, -0.25) is 9.69 Å². The van der Waals surface area contributed by atoms with Crippen molar-refractivity contribution < 1.29 is 9.90 Å². The van der Waals surface area contributed by atoms with Crippen molar-refractivity contribution >= 4 is 22.4 Å². The topological polar surface area (TPSA) is 53.4 Å². The molecule has 1 atom stereocenters. The number of aliphatic hydroxyl groups is 1. The molecule has 2 heterocycles. The molecule has 3 rings (SSSR count). The molecule has 0 saturated carbocycles. The van der Waals surface area contributed by atoms with Gasteiger partial charge >= 0.3 is 0 Å². The molecule has 1 aromatic heterocycles. The minimum atomic E-state index is -0.572. The molecule has 1 unspecified atom stereocenters. The first-order valence-corrected chi connectivity index (χ1v) is 6.98. The number of aromatic nitrogens is 1. The third kappa shape index (κ3) is 2.27. The second-order valence-electron chi connectivity index (χ2n) is 4.63. The Morgan fingerprint density at radius 2 is 2.11 bits per heavy atom. The van der Waals surface area contributed by atoms with E-state index in [1.165, 1.54) is 11.3 Å². The molecule has 1 saturated heterocycles. The normalized spacial score (nSPS) is 19.2. The number of carbonyl (C=O) groups excluding carboxylic acids is 1.